The molecule has 0 aliphatic heterocycles. The summed E-state index contributed by atoms with van der Waals surface area (Å²) in [6, 6.07) is 6.48. The highest BCUT2D eigenvalue weighted by Gasteiger charge is 2.16. The second-order valence-electron chi connectivity index (χ2n) is 4.17. The Kier molecular flexibility index (Phi) is 5.87. The standard InChI is InChI=1S/C13H18O4S2/c1-4-9-17-13(14)10(2)18-11-5-7-12(8-6-11)19(3,15)16/h5-8,10H,4,9H2,1-3H3. The Morgan fingerprint density at radius 3 is 2.37 bits per heavy atom. The number of hydrogen-bond donors (Lipinski definition) is 0. The first-order valence-electron chi connectivity index (χ1n) is 5.98. The van der Waals surface area contributed by atoms with Crippen LogP contribution in [-0.2, 0) is 19.4 Å². The van der Waals surface area contributed by atoms with Crippen LogP contribution in [0.15, 0.2) is 34.1 Å². The first-order valence-corrected chi connectivity index (χ1v) is 8.75. The number of sulfone groups is 1. The highest BCUT2D eigenvalue weighted by atomic mass is 32.2. The van der Waals surface area contributed by atoms with Gasteiger partial charge in [-0.05, 0) is 37.6 Å². The van der Waals surface area contributed by atoms with Gasteiger partial charge < -0.3 is 4.74 Å². The van der Waals surface area contributed by atoms with Crippen molar-refractivity contribution in [2.45, 2.75) is 35.3 Å². The molecule has 1 aromatic rings. The van der Waals surface area contributed by atoms with Crippen molar-refractivity contribution in [2.75, 3.05) is 12.9 Å². The number of thioether (sulfide) groups is 1. The van der Waals surface area contributed by atoms with Gasteiger partial charge in [-0.15, -0.1) is 11.8 Å². The Bertz CT molecular complexity index is 520. The molecule has 0 radical (unpaired) electrons. The third-order valence-electron chi connectivity index (χ3n) is 2.35. The zero-order valence-corrected chi connectivity index (χ0v) is 12.9. The number of ether oxygens (including phenoxy) is 1. The van der Waals surface area contributed by atoms with Crippen LogP contribution >= 0.6 is 11.8 Å². The smallest absolute Gasteiger partial charge is 0.319 e. The molecule has 0 saturated carbocycles. The Labute approximate surface area is 118 Å². The van der Waals surface area contributed by atoms with Crippen molar-refractivity contribution in [1.29, 1.82) is 0 Å². The predicted molar refractivity (Wildman–Crippen MR) is 76.1 cm³/mol. The van der Waals surface area contributed by atoms with Gasteiger partial charge in [-0.1, -0.05) is 6.92 Å². The highest BCUT2D eigenvalue weighted by molar-refractivity contribution is 8.00. The molecule has 0 heterocycles. The molecule has 1 unspecified atom stereocenters. The minimum atomic E-state index is -3.18. The van der Waals surface area contributed by atoms with Crippen molar-refractivity contribution in [3.8, 4) is 0 Å². The number of benzene rings is 1. The lowest BCUT2D eigenvalue weighted by Crippen LogP contribution is -2.17. The van der Waals surface area contributed by atoms with Gasteiger partial charge in [-0.3, -0.25) is 4.79 Å². The lowest BCUT2D eigenvalue weighted by Gasteiger charge is -2.10. The van der Waals surface area contributed by atoms with Crippen LogP contribution in [0.3, 0.4) is 0 Å². The van der Waals surface area contributed by atoms with E-state index in [1.807, 2.05) is 6.92 Å². The van der Waals surface area contributed by atoms with Crippen LogP contribution in [0.4, 0.5) is 0 Å². The normalized spacial score (nSPS) is 13.0. The van der Waals surface area contributed by atoms with Crippen LogP contribution in [-0.4, -0.2) is 32.5 Å². The first kappa shape index (κ1) is 16.0. The van der Waals surface area contributed by atoms with E-state index in [1.54, 1.807) is 31.2 Å². The monoisotopic (exact) mass is 302 g/mol. The molecular weight excluding hydrogens is 284 g/mol. The third-order valence-corrected chi connectivity index (χ3v) is 4.56. The molecule has 0 bridgehead atoms. The van der Waals surface area contributed by atoms with Crippen molar-refractivity contribution in [1.82, 2.24) is 0 Å². The Morgan fingerprint density at radius 2 is 1.89 bits per heavy atom. The summed E-state index contributed by atoms with van der Waals surface area (Å²) in [6.45, 7) is 4.14. The molecule has 1 atom stereocenters. The summed E-state index contributed by atoms with van der Waals surface area (Å²) in [5.41, 5.74) is 0. The van der Waals surface area contributed by atoms with E-state index in [0.29, 0.717) is 6.61 Å². The van der Waals surface area contributed by atoms with Crippen molar-refractivity contribution in [3.05, 3.63) is 24.3 Å². The molecule has 106 valence electrons. The van der Waals surface area contributed by atoms with E-state index in [1.165, 1.54) is 18.0 Å². The third kappa shape index (κ3) is 5.24. The number of carbonyl (C=O) groups excluding carboxylic acids is 1. The molecule has 0 aliphatic carbocycles. The maximum absolute atomic E-state index is 11.6. The Balaban J connectivity index is 2.65. The number of hydrogen-bond acceptors (Lipinski definition) is 5. The second-order valence-corrected chi connectivity index (χ2v) is 7.60. The quantitative estimate of drug-likeness (QED) is 0.597. The summed E-state index contributed by atoms with van der Waals surface area (Å²) in [7, 11) is -3.18. The molecule has 1 rings (SSSR count). The lowest BCUT2D eigenvalue weighted by molar-refractivity contribution is -0.142. The maximum atomic E-state index is 11.6. The van der Waals surface area contributed by atoms with Gasteiger partial charge in [-0.2, -0.15) is 0 Å². The van der Waals surface area contributed by atoms with E-state index in [0.717, 1.165) is 11.3 Å². The van der Waals surface area contributed by atoms with Crippen LogP contribution in [0.25, 0.3) is 0 Å². The van der Waals surface area contributed by atoms with Gasteiger partial charge in [0.05, 0.1) is 11.5 Å². The molecular formula is C13H18O4S2. The fraction of sp³-hybridized carbons (Fsp3) is 0.462. The average Bonchev–Trinajstić information content (AvgIpc) is 2.35. The van der Waals surface area contributed by atoms with Gasteiger partial charge in [-0.25, -0.2) is 8.42 Å². The molecule has 0 fully saturated rings. The van der Waals surface area contributed by atoms with E-state index in [2.05, 4.69) is 0 Å². The lowest BCUT2D eigenvalue weighted by atomic mass is 10.4. The molecule has 0 N–H and O–H groups in total. The summed E-state index contributed by atoms with van der Waals surface area (Å²) in [5, 5.41) is -0.310. The topological polar surface area (TPSA) is 60.4 Å². The van der Waals surface area contributed by atoms with Crippen LogP contribution < -0.4 is 0 Å². The Morgan fingerprint density at radius 1 is 1.32 bits per heavy atom. The molecule has 4 nitrogen and oxygen atoms in total. The van der Waals surface area contributed by atoms with E-state index in [4.69, 9.17) is 4.74 Å². The fourth-order valence-electron chi connectivity index (χ4n) is 1.34. The van der Waals surface area contributed by atoms with Gasteiger partial charge in [0, 0.05) is 11.2 Å². The molecule has 0 saturated heterocycles. The predicted octanol–water partition coefficient (Wildman–Crippen LogP) is 2.52. The summed E-state index contributed by atoms with van der Waals surface area (Å²) >= 11 is 1.35. The van der Waals surface area contributed by atoms with Gasteiger partial charge in [0.15, 0.2) is 9.84 Å². The zero-order chi connectivity index (χ0) is 14.5. The van der Waals surface area contributed by atoms with Gasteiger partial charge in [0.2, 0.25) is 0 Å². The molecule has 0 amide bonds. The summed E-state index contributed by atoms with van der Waals surface area (Å²) < 4.78 is 27.7. The van der Waals surface area contributed by atoms with Crippen LogP contribution in [0.5, 0.6) is 0 Å². The molecule has 0 spiro atoms. The highest BCUT2D eigenvalue weighted by Crippen LogP contribution is 2.25. The van der Waals surface area contributed by atoms with Crippen molar-refractivity contribution in [2.24, 2.45) is 0 Å². The summed E-state index contributed by atoms with van der Waals surface area (Å²) in [6.07, 6.45) is 1.96. The number of rotatable bonds is 6. The van der Waals surface area contributed by atoms with E-state index in [-0.39, 0.29) is 16.1 Å². The van der Waals surface area contributed by atoms with Crippen LogP contribution in [0, 0.1) is 0 Å². The SMILES string of the molecule is CCCOC(=O)C(C)Sc1ccc(S(C)(=O)=O)cc1. The number of carbonyl (C=O) groups is 1. The van der Waals surface area contributed by atoms with E-state index < -0.39 is 9.84 Å². The molecule has 6 heteroatoms. The van der Waals surface area contributed by atoms with Gasteiger partial charge >= 0.3 is 5.97 Å². The van der Waals surface area contributed by atoms with Crippen molar-refractivity contribution in [3.63, 3.8) is 0 Å². The largest absolute Gasteiger partial charge is 0.465 e. The van der Waals surface area contributed by atoms with Crippen molar-refractivity contribution >= 4 is 27.6 Å². The summed E-state index contributed by atoms with van der Waals surface area (Å²) in [4.78, 5) is 12.7. The Hall–Kier alpha value is -1.01. The van der Waals surface area contributed by atoms with Gasteiger partial charge in [0.1, 0.15) is 5.25 Å². The van der Waals surface area contributed by atoms with Gasteiger partial charge in [0.25, 0.3) is 0 Å². The minimum absolute atomic E-state index is 0.251. The average molecular weight is 302 g/mol. The van der Waals surface area contributed by atoms with Crippen molar-refractivity contribution < 1.29 is 17.9 Å². The molecule has 1 aromatic carbocycles. The zero-order valence-electron chi connectivity index (χ0n) is 11.3. The molecule has 19 heavy (non-hydrogen) atoms. The van der Waals surface area contributed by atoms with Crippen LogP contribution in [0.1, 0.15) is 20.3 Å². The fourth-order valence-corrected chi connectivity index (χ4v) is 2.83. The maximum Gasteiger partial charge on any atom is 0.319 e. The first-order chi connectivity index (χ1) is 8.84. The van der Waals surface area contributed by atoms with E-state index >= 15 is 0 Å². The second kappa shape index (κ2) is 6.96. The van der Waals surface area contributed by atoms with Crippen LogP contribution in [0.2, 0.25) is 0 Å². The number of esters is 1. The van der Waals surface area contributed by atoms with E-state index in [9.17, 15) is 13.2 Å². The minimum Gasteiger partial charge on any atom is -0.465 e. The molecule has 0 aliphatic rings. The summed E-state index contributed by atoms with van der Waals surface area (Å²) in [5.74, 6) is -0.251. The molecule has 0 aromatic heterocycles.